The second-order valence-electron chi connectivity index (χ2n) is 11.2. The topological polar surface area (TPSA) is 322 Å². The number of β-lactam (4-membered cyclic amide) rings is 1. The molecule has 0 radical (unpaired) electrons. The lowest BCUT2D eigenvalue weighted by Gasteiger charge is -2.44. The standard InChI is InChI=1S/C28H28N8O13S2/c29-27-32-16(12-50-27)20(34-49-28(26(43)44)5-2-6-28)24(41)33-21-17(36(25(21)42)51(46,47)48)10-31-23(40)14-4-1-3-13(7-14)22(39)30-9-15-8-18(37)19(38)11-35(15)45/h1,3-4,7-8,11-12,17,21,38,45H,2,5-6,9-10H2,(H2,29,32)(H,30,39)(H,31,40)(H,33,41)(H,43,44)(H,46,47,48)/t17-,21-/m0/s1. The summed E-state index contributed by atoms with van der Waals surface area (Å²) in [6.45, 7) is -0.986. The smallest absolute Gasteiger partial charge is 0.362 e. The lowest BCUT2D eigenvalue weighted by molar-refractivity contribution is -0.178. The maximum Gasteiger partial charge on any atom is 0.362 e. The summed E-state index contributed by atoms with van der Waals surface area (Å²) in [6, 6.07) is 2.83. The Balaban J connectivity index is 1.28. The number of carboxylic acid groups (broad SMARTS) is 1. The molecular weight excluding hydrogens is 720 g/mol. The van der Waals surface area contributed by atoms with E-state index in [2.05, 4.69) is 26.1 Å². The SMILES string of the molecule is Nc1nc(C(=NOC2(C(=O)O)CCC2)C(=O)N[C@@H]2C(=O)N(S(=O)(=O)O)[C@H]2CNC(=O)c2cccc(C(=O)NCc3cc(=O)c(O)cn3O)c2)cs1. The molecule has 0 unspecified atom stereocenters. The van der Waals surface area contributed by atoms with Crippen molar-refractivity contribution in [3.8, 4) is 5.75 Å². The number of benzene rings is 1. The number of nitrogens with two attached hydrogens (primary N) is 1. The van der Waals surface area contributed by atoms with Gasteiger partial charge in [0.05, 0.1) is 24.5 Å². The summed E-state index contributed by atoms with van der Waals surface area (Å²) < 4.78 is 34.2. The first-order chi connectivity index (χ1) is 24.0. The molecule has 23 heteroatoms. The Labute approximate surface area is 290 Å². The third-order valence-electron chi connectivity index (χ3n) is 7.92. The van der Waals surface area contributed by atoms with Crippen LogP contribution in [-0.4, -0.2) is 102 Å². The van der Waals surface area contributed by atoms with Gasteiger partial charge in [0, 0.05) is 42.0 Å². The van der Waals surface area contributed by atoms with Gasteiger partial charge >= 0.3 is 16.3 Å². The lowest BCUT2D eigenvalue weighted by Crippen LogP contribution is -2.74. The Bertz CT molecular complexity index is 2130. The number of aliphatic carboxylic acids is 1. The molecule has 0 spiro atoms. The predicted octanol–water partition coefficient (Wildman–Crippen LogP) is -1.58. The van der Waals surface area contributed by atoms with Crippen molar-refractivity contribution in [2.45, 2.75) is 43.5 Å². The van der Waals surface area contributed by atoms with E-state index < -0.39 is 81.0 Å². The number of nitrogens with zero attached hydrogens (tertiary/aromatic N) is 4. The Morgan fingerprint density at radius 3 is 2.35 bits per heavy atom. The Kier molecular flexibility index (Phi) is 9.97. The third kappa shape index (κ3) is 7.58. The van der Waals surface area contributed by atoms with Crippen LogP contribution in [0.1, 0.15) is 51.4 Å². The van der Waals surface area contributed by atoms with Gasteiger partial charge in [0.25, 0.3) is 23.6 Å². The first-order valence-electron chi connectivity index (χ1n) is 14.6. The van der Waals surface area contributed by atoms with Gasteiger partial charge in [-0.15, -0.1) is 11.3 Å². The highest BCUT2D eigenvalue weighted by molar-refractivity contribution is 7.84. The molecule has 9 N–H and O–H groups in total. The third-order valence-corrected chi connectivity index (χ3v) is 9.55. The molecule has 270 valence electrons. The molecule has 3 aromatic rings. The number of pyridine rings is 1. The number of anilines is 1. The zero-order valence-electron chi connectivity index (χ0n) is 25.9. The fourth-order valence-electron chi connectivity index (χ4n) is 5.01. The number of rotatable bonds is 13. The number of carbonyl (C=O) groups is 5. The van der Waals surface area contributed by atoms with Crippen LogP contribution in [0.2, 0.25) is 0 Å². The first kappa shape index (κ1) is 36.2. The minimum Gasteiger partial charge on any atom is -0.503 e. The minimum absolute atomic E-state index is 0.00924. The number of oxime groups is 1. The molecule has 2 aliphatic rings. The molecule has 1 aliphatic carbocycles. The van der Waals surface area contributed by atoms with Crippen molar-refractivity contribution in [3.63, 3.8) is 0 Å². The summed E-state index contributed by atoms with van der Waals surface area (Å²) in [5.74, 6) is -6.04. The number of amides is 4. The second-order valence-corrected chi connectivity index (χ2v) is 13.4. The maximum atomic E-state index is 13.4. The van der Waals surface area contributed by atoms with Crippen molar-refractivity contribution in [3.05, 3.63) is 74.6 Å². The average molecular weight is 749 g/mol. The van der Waals surface area contributed by atoms with Crippen molar-refractivity contribution >= 4 is 62.1 Å². The first-order valence-corrected chi connectivity index (χ1v) is 16.9. The summed E-state index contributed by atoms with van der Waals surface area (Å²) in [6.07, 6.45) is 1.48. The number of thiazole rings is 1. The minimum atomic E-state index is -5.18. The highest BCUT2D eigenvalue weighted by Gasteiger charge is 2.54. The summed E-state index contributed by atoms with van der Waals surface area (Å²) >= 11 is 0.911. The molecular formula is C28H28N8O13S2. The molecule has 1 saturated heterocycles. The van der Waals surface area contributed by atoms with Gasteiger partial charge in [-0.1, -0.05) is 11.2 Å². The molecule has 2 aromatic heterocycles. The van der Waals surface area contributed by atoms with E-state index in [0.29, 0.717) is 11.2 Å². The molecule has 1 aromatic carbocycles. The van der Waals surface area contributed by atoms with Crippen LogP contribution in [0.3, 0.4) is 0 Å². The number of aromatic hydroxyl groups is 1. The fraction of sp³-hybridized carbons (Fsp3) is 0.286. The zero-order valence-corrected chi connectivity index (χ0v) is 27.5. The van der Waals surface area contributed by atoms with Gasteiger partial charge in [0.15, 0.2) is 16.6 Å². The van der Waals surface area contributed by atoms with E-state index in [9.17, 15) is 57.2 Å². The molecule has 51 heavy (non-hydrogen) atoms. The number of hydrogen-bond donors (Lipinski definition) is 8. The van der Waals surface area contributed by atoms with Crippen LogP contribution in [0.15, 0.2) is 51.9 Å². The number of carbonyl (C=O) groups excluding carboxylic acids is 4. The van der Waals surface area contributed by atoms with Crippen molar-refractivity contribution in [1.29, 1.82) is 0 Å². The second kappa shape index (κ2) is 14.0. The number of aromatic nitrogens is 2. The Morgan fingerprint density at radius 2 is 1.78 bits per heavy atom. The largest absolute Gasteiger partial charge is 0.503 e. The summed E-state index contributed by atoms with van der Waals surface area (Å²) in [4.78, 5) is 84.5. The van der Waals surface area contributed by atoms with Gasteiger partial charge in [-0.25, -0.2) is 14.1 Å². The normalized spacial score (nSPS) is 18.2. The monoisotopic (exact) mass is 748 g/mol. The van der Waals surface area contributed by atoms with Gasteiger partial charge in [-0.05, 0) is 24.6 Å². The van der Waals surface area contributed by atoms with E-state index in [1.807, 2.05) is 0 Å². The molecule has 4 amide bonds. The molecule has 3 heterocycles. The van der Waals surface area contributed by atoms with E-state index in [4.69, 9.17) is 10.6 Å². The summed E-state index contributed by atoms with van der Waals surface area (Å²) in [7, 11) is -5.18. The molecule has 2 atom stereocenters. The van der Waals surface area contributed by atoms with E-state index in [0.717, 1.165) is 29.7 Å². The van der Waals surface area contributed by atoms with E-state index in [1.54, 1.807) is 0 Å². The van der Waals surface area contributed by atoms with Crippen molar-refractivity contribution in [1.82, 2.24) is 30.0 Å². The number of nitrogens with one attached hydrogen (secondary N) is 3. The zero-order chi connectivity index (χ0) is 37.2. The van der Waals surface area contributed by atoms with Crippen molar-refractivity contribution in [2.75, 3.05) is 12.3 Å². The molecule has 2 fully saturated rings. The van der Waals surface area contributed by atoms with Gasteiger partial charge < -0.3 is 41.9 Å². The van der Waals surface area contributed by atoms with Crippen LogP contribution in [0.5, 0.6) is 5.75 Å². The Morgan fingerprint density at radius 1 is 1.12 bits per heavy atom. The van der Waals surface area contributed by atoms with Crippen LogP contribution < -0.4 is 27.1 Å². The van der Waals surface area contributed by atoms with Crippen LogP contribution in [0, 0.1) is 0 Å². The number of carboxylic acids is 1. The average Bonchev–Trinajstić information content (AvgIpc) is 3.48. The van der Waals surface area contributed by atoms with E-state index in [-0.39, 0.29) is 51.3 Å². The fourth-order valence-corrected chi connectivity index (χ4v) is 6.43. The highest BCUT2D eigenvalue weighted by atomic mass is 32.2. The van der Waals surface area contributed by atoms with E-state index in [1.165, 1.54) is 23.6 Å². The molecule has 21 nitrogen and oxygen atoms in total. The molecule has 1 aliphatic heterocycles. The summed E-state index contributed by atoms with van der Waals surface area (Å²) in [5, 5.41) is 40.9. The molecule has 1 saturated carbocycles. The van der Waals surface area contributed by atoms with Crippen LogP contribution in [0.25, 0.3) is 0 Å². The van der Waals surface area contributed by atoms with Crippen LogP contribution in [0.4, 0.5) is 5.13 Å². The predicted molar refractivity (Wildman–Crippen MR) is 172 cm³/mol. The molecule has 5 rings (SSSR count). The van der Waals surface area contributed by atoms with E-state index >= 15 is 0 Å². The van der Waals surface area contributed by atoms with Crippen molar-refractivity contribution in [2.24, 2.45) is 5.16 Å². The Hall–Kier alpha value is -6.07. The van der Waals surface area contributed by atoms with Gasteiger partial charge in [-0.3, -0.25) is 28.5 Å². The highest BCUT2D eigenvalue weighted by Crippen LogP contribution is 2.36. The van der Waals surface area contributed by atoms with Crippen LogP contribution in [-0.2, 0) is 36.1 Å². The van der Waals surface area contributed by atoms with Gasteiger partial charge in [-0.2, -0.15) is 13.1 Å². The van der Waals surface area contributed by atoms with Gasteiger partial charge in [0.2, 0.25) is 11.0 Å². The quantitative estimate of drug-likeness (QED) is 0.0321. The van der Waals surface area contributed by atoms with Gasteiger partial charge in [0.1, 0.15) is 11.7 Å². The van der Waals surface area contributed by atoms with Crippen molar-refractivity contribution < 1.29 is 57.2 Å². The maximum absolute atomic E-state index is 13.4. The summed E-state index contributed by atoms with van der Waals surface area (Å²) in [5.41, 5.74) is 2.24. The number of hydrogen-bond acceptors (Lipinski definition) is 15. The molecule has 0 bridgehead atoms. The van der Waals surface area contributed by atoms with Crippen LogP contribution >= 0.6 is 11.3 Å². The number of nitrogen functional groups attached to an aromatic ring is 1. The lowest BCUT2D eigenvalue weighted by atomic mass is 9.80.